The maximum Gasteiger partial charge on any atom is 0.191 e. The smallest absolute Gasteiger partial charge is 0.191 e. The molecule has 3 rings (SSSR count). The van der Waals surface area contributed by atoms with Gasteiger partial charge in [0.05, 0.1) is 4.88 Å². The van der Waals surface area contributed by atoms with Crippen molar-refractivity contribution in [1.29, 1.82) is 0 Å². The van der Waals surface area contributed by atoms with Crippen LogP contribution in [0.4, 0.5) is 0 Å². The summed E-state index contributed by atoms with van der Waals surface area (Å²) in [5.41, 5.74) is 0. The molecule has 1 N–H and O–H groups in total. The lowest BCUT2D eigenvalue weighted by molar-refractivity contribution is 0.185. The molecule has 0 fully saturated rings. The van der Waals surface area contributed by atoms with Crippen molar-refractivity contribution >= 4 is 11.3 Å². The number of rotatable bonds is 2. The van der Waals surface area contributed by atoms with Gasteiger partial charge in [-0.15, -0.1) is 16.4 Å². The molecular weight excluding hydrogens is 234 g/mol. The number of aliphatic hydroxyl groups is 1. The van der Waals surface area contributed by atoms with E-state index in [1.165, 1.54) is 4.88 Å². The van der Waals surface area contributed by atoms with Crippen LogP contribution in [0.2, 0.25) is 0 Å². The van der Waals surface area contributed by atoms with E-state index in [-0.39, 0.29) is 6.61 Å². The van der Waals surface area contributed by atoms with E-state index < -0.39 is 0 Å². The molecule has 4 nitrogen and oxygen atoms in total. The maximum atomic E-state index is 9.18. The van der Waals surface area contributed by atoms with E-state index >= 15 is 0 Å². The normalized spacial score (nSPS) is 19.3. The van der Waals surface area contributed by atoms with Crippen LogP contribution in [0, 0.1) is 12.8 Å². The topological polar surface area (TPSA) is 50.9 Å². The van der Waals surface area contributed by atoms with Gasteiger partial charge in [-0.1, -0.05) is 0 Å². The van der Waals surface area contributed by atoms with Gasteiger partial charge in [0.2, 0.25) is 0 Å². The number of aliphatic hydroxyl groups excluding tert-OH is 1. The lowest BCUT2D eigenvalue weighted by Gasteiger charge is -2.19. The lowest BCUT2D eigenvalue weighted by Crippen LogP contribution is -2.23. The fraction of sp³-hybridized carbons (Fsp3) is 0.500. The van der Waals surface area contributed by atoms with Crippen LogP contribution in [-0.2, 0) is 13.0 Å². The molecule has 0 aromatic carbocycles. The Morgan fingerprint density at radius 1 is 1.53 bits per heavy atom. The summed E-state index contributed by atoms with van der Waals surface area (Å²) in [7, 11) is 0. The minimum absolute atomic E-state index is 0.243. The number of thiophene rings is 1. The Hall–Kier alpha value is -1.20. The van der Waals surface area contributed by atoms with Crippen LogP contribution in [0.1, 0.15) is 17.1 Å². The molecule has 0 spiro atoms. The molecule has 0 saturated carbocycles. The maximum absolute atomic E-state index is 9.18. The zero-order chi connectivity index (χ0) is 11.8. The van der Waals surface area contributed by atoms with Gasteiger partial charge in [0.1, 0.15) is 5.82 Å². The molecule has 5 heteroatoms. The first-order valence-corrected chi connectivity index (χ1v) is 6.69. The summed E-state index contributed by atoms with van der Waals surface area (Å²) in [4.78, 5) is 6.99. The van der Waals surface area contributed by atoms with Crippen LogP contribution in [0.3, 0.4) is 0 Å². The first-order chi connectivity index (χ1) is 8.26. The van der Waals surface area contributed by atoms with Crippen molar-refractivity contribution in [3.63, 3.8) is 0 Å². The minimum Gasteiger partial charge on any atom is -0.396 e. The second-order valence-electron chi connectivity index (χ2n) is 4.53. The highest BCUT2D eigenvalue weighted by molar-refractivity contribution is 7.15. The highest BCUT2D eigenvalue weighted by Crippen LogP contribution is 2.27. The van der Waals surface area contributed by atoms with Gasteiger partial charge in [-0.3, -0.25) is 0 Å². The highest BCUT2D eigenvalue weighted by Gasteiger charge is 2.21. The summed E-state index contributed by atoms with van der Waals surface area (Å²) >= 11 is 1.72. The van der Waals surface area contributed by atoms with E-state index in [2.05, 4.69) is 29.1 Å². The number of aromatic nitrogens is 3. The summed E-state index contributed by atoms with van der Waals surface area (Å²) in [6, 6.07) is 4.17. The first-order valence-electron chi connectivity index (χ1n) is 5.87. The largest absolute Gasteiger partial charge is 0.396 e. The second kappa shape index (κ2) is 4.23. The summed E-state index contributed by atoms with van der Waals surface area (Å²) in [5, 5.41) is 13.7. The summed E-state index contributed by atoms with van der Waals surface area (Å²) in [6.45, 7) is 3.13. The van der Waals surface area contributed by atoms with Gasteiger partial charge in [-0.25, -0.2) is 9.67 Å². The first kappa shape index (κ1) is 10.9. The molecule has 0 aliphatic carbocycles. The quantitative estimate of drug-likeness (QED) is 0.884. The molecule has 2 aromatic heterocycles. The summed E-state index contributed by atoms with van der Waals surface area (Å²) in [6.07, 6.45) is 1.93. The zero-order valence-corrected chi connectivity index (χ0v) is 10.6. The van der Waals surface area contributed by atoms with Gasteiger partial charge >= 0.3 is 0 Å². The monoisotopic (exact) mass is 249 g/mol. The Bertz CT molecular complexity index is 532. The number of hydrogen-bond donors (Lipinski definition) is 1. The fourth-order valence-corrected chi connectivity index (χ4v) is 2.98. The van der Waals surface area contributed by atoms with E-state index in [0.717, 1.165) is 35.9 Å². The van der Waals surface area contributed by atoms with Crippen molar-refractivity contribution in [3.8, 4) is 10.7 Å². The number of aryl methyl sites for hydroxylation is 2. The number of nitrogens with zero attached hydrogens (tertiary/aromatic N) is 3. The number of hydrogen-bond acceptors (Lipinski definition) is 4. The van der Waals surface area contributed by atoms with E-state index in [1.54, 1.807) is 11.3 Å². The van der Waals surface area contributed by atoms with Crippen molar-refractivity contribution in [2.75, 3.05) is 6.61 Å². The molecule has 1 atom stereocenters. The highest BCUT2D eigenvalue weighted by atomic mass is 32.1. The van der Waals surface area contributed by atoms with Gasteiger partial charge in [-0.2, -0.15) is 0 Å². The Morgan fingerprint density at radius 3 is 3.12 bits per heavy atom. The SMILES string of the molecule is Cc1ccc(-c2nc3n(n2)CC(CO)CC3)s1. The van der Waals surface area contributed by atoms with Crippen LogP contribution in [-0.4, -0.2) is 26.5 Å². The summed E-state index contributed by atoms with van der Waals surface area (Å²) < 4.78 is 1.95. The molecule has 0 amide bonds. The predicted octanol–water partition coefficient (Wildman–Crippen LogP) is 1.87. The van der Waals surface area contributed by atoms with Crippen LogP contribution in [0.5, 0.6) is 0 Å². The molecule has 17 heavy (non-hydrogen) atoms. The summed E-state index contributed by atoms with van der Waals surface area (Å²) in [5.74, 6) is 2.22. The standard InChI is InChI=1S/C12H15N3OS/c1-8-2-4-10(17-8)12-13-11-5-3-9(7-16)6-15(11)14-12/h2,4,9,16H,3,5-7H2,1H3. The van der Waals surface area contributed by atoms with Crippen molar-refractivity contribution in [3.05, 3.63) is 22.8 Å². The van der Waals surface area contributed by atoms with Crippen LogP contribution in [0.15, 0.2) is 12.1 Å². The van der Waals surface area contributed by atoms with E-state index in [1.807, 2.05) is 4.68 Å². The van der Waals surface area contributed by atoms with E-state index in [9.17, 15) is 5.11 Å². The van der Waals surface area contributed by atoms with Crippen LogP contribution >= 0.6 is 11.3 Å². The average molecular weight is 249 g/mol. The van der Waals surface area contributed by atoms with Gasteiger partial charge in [0, 0.05) is 30.4 Å². The second-order valence-corrected chi connectivity index (χ2v) is 5.82. The molecule has 90 valence electrons. The molecule has 2 aromatic rings. The van der Waals surface area contributed by atoms with Gasteiger partial charge in [0.25, 0.3) is 0 Å². The molecule has 1 aliphatic heterocycles. The lowest BCUT2D eigenvalue weighted by atomic mass is 10.0. The molecular formula is C12H15N3OS. The van der Waals surface area contributed by atoms with Crippen molar-refractivity contribution in [1.82, 2.24) is 14.8 Å². The van der Waals surface area contributed by atoms with Crippen molar-refractivity contribution < 1.29 is 5.11 Å². The average Bonchev–Trinajstić information content (AvgIpc) is 2.93. The molecule has 0 bridgehead atoms. The molecule has 1 aliphatic rings. The van der Waals surface area contributed by atoms with Crippen LogP contribution in [0.25, 0.3) is 10.7 Å². The number of fused-ring (bicyclic) bond motifs is 1. The van der Waals surface area contributed by atoms with E-state index in [4.69, 9.17) is 0 Å². The Kier molecular flexibility index (Phi) is 2.72. The van der Waals surface area contributed by atoms with Gasteiger partial charge in [-0.05, 0) is 25.5 Å². The third kappa shape index (κ3) is 2.00. The van der Waals surface area contributed by atoms with Crippen molar-refractivity contribution in [2.24, 2.45) is 5.92 Å². The molecule has 1 unspecified atom stereocenters. The molecule has 0 saturated heterocycles. The molecule has 0 radical (unpaired) electrons. The Morgan fingerprint density at radius 2 is 2.41 bits per heavy atom. The zero-order valence-electron chi connectivity index (χ0n) is 9.76. The minimum atomic E-state index is 0.243. The van der Waals surface area contributed by atoms with Gasteiger partial charge in [0.15, 0.2) is 5.82 Å². The van der Waals surface area contributed by atoms with Gasteiger partial charge < -0.3 is 5.11 Å². The van der Waals surface area contributed by atoms with E-state index in [0.29, 0.717) is 5.92 Å². The fourth-order valence-electron chi connectivity index (χ4n) is 2.18. The molecule has 3 heterocycles. The van der Waals surface area contributed by atoms with Crippen molar-refractivity contribution in [2.45, 2.75) is 26.3 Å². The Labute approximate surface area is 104 Å². The van der Waals surface area contributed by atoms with Crippen LogP contribution < -0.4 is 0 Å². The third-order valence-corrected chi connectivity index (χ3v) is 4.17. The predicted molar refractivity (Wildman–Crippen MR) is 67.0 cm³/mol. The Balaban J connectivity index is 1.92. The third-order valence-electron chi connectivity index (χ3n) is 3.17.